The van der Waals surface area contributed by atoms with E-state index in [1.54, 1.807) is 12.1 Å². The molecule has 0 amide bonds. The van der Waals surface area contributed by atoms with Gasteiger partial charge in [-0.05, 0) is 31.2 Å². The molecular formula is C16H20FNO2. The predicted octanol–water partition coefficient (Wildman–Crippen LogP) is 3.04. The van der Waals surface area contributed by atoms with E-state index >= 15 is 0 Å². The van der Waals surface area contributed by atoms with Crippen molar-refractivity contribution in [3.63, 3.8) is 0 Å². The van der Waals surface area contributed by atoms with Crippen LogP contribution in [0.25, 0.3) is 0 Å². The molecular weight excluding hydrogens is 257 g/mol. The molecule has 1 saturated heterocycles. The Labute approximate surface area is 118 Å². The second kappa shape index (κ2) is 5.52. The molecule has 1 aromatic carbocycles. The maximum atomic E-state index is 13.8. The normalized spacial score (nSPS) is 30.1. The van der Waals surface area contributed by atoms with Crippen LogP contribution in [0.1, 0.15) is 37.7 Å². The summed E-state index contributed by atoms with van der Waals surface area (Å²) >= 11 is 0. The number of hydrogen-bond acceptors (Lipinski definition) is 2. The van der Waals surface area contributed by atoms with E-state index in [9.17, 15) is 14.3 Å². The summed E-state index contributed by atoms with van der Waals surface area (Å²) in [4.78, 5) is 13.5. The van der Waals surface area contributed by atoms with Crippen molar-refractivity contribution in [2.45, 2.75) is 50.7 Å². The number of fused-ring (bicyclic) bond motifs is 1. The topological polar surface area (TPSA) is 40.5 Å². The van der Waals surface area contributed by atoms with Gasteiger partial charge in [-0.3, -0.25) is 9.69 Å². The fourth-order valence-corrected chi connectivity index (χ4v) is 3.85. The molecule has 108 valence electrons. The molecule has 1 aromatic rings. The van der Waals surface area contributed by atoms with Gasteiger partial charge >= 0.3 is 5.97 Å². The van der Waals surface area contributed by atoms with E-state index in [1.807, 2.05) is 11.0 Å². The van der Waals surface area contributed by atoms with Crippen LogP contribution in [0.15, 0.2) is 24.3 Å². The van der Waals surface area contributed by atoms with Gasteiger partial charge in [-0.1, -0.05) is 31.0 Å². The van der Waals surface area contributed by atoms with Gasteiger partial charge in [-0.2, -0.15) is 0 Å². The molecule has 20 heavy (non-hydrogen) atoms. The van der Waals surface area contributed by atoms with E-state index < -0.39 is 12.0 Å². The van der Waals surface area contributed by atoms with Crippen molar-refractivity contribution in [1.82, 2.24) is 4.90 Å². The number of likely N-dealkylation sites (tertiary alicyclic amines) is 1. The van der Waals surface area contributed by atoms with Gasteiger partial charge in [0.15, 0.2) is 0 Å². The first-order chi connectivity index (χ1) is 9.66. The number of aliphatic carboxylic acids is 1. The van der Waals surface area contributed by atoms with Gasteiger partial charge in [0.2, 0.25) is 0 Å². The molecule has 0 radical (unpaired) electrons. The van der Waals surface area contributed by atoms with E-state index in [2.05, 4.69) is 0 Å². The van der Waals surface area contributed by atoms with E-state index in [0.29, 0.717) is 30.5 Å². The Hall–Kier alpha value is -1.42. The summed E-state index contributed by atoms with van der Waals surface area (Å²) in [6.07, 6.45) is 5.22. The lowest BCUT2D eigenvalue weighted by Gasteiger charge is -2.33. The number of rotatable bonds is 3. The van der Waals surface area contributed by atoms with Crippen molar-refractivity contribution in [1.29, 1.82) is 0 Å². The fraction of sp³-hybridized carbons (Fsp3) is 0.562. The van der Waals surface area contributed by atoms with Crippen LogP contribution in [0.4, 0.5) is 4.39 Å². The van der Waals surface area contributed by atoms with Crippen LogP contribution in [-0.4, -0.2) is 28.1 Å². The molecule has 1 heterocycles. The summed E-state index contributed by atoms with van der Waals surface area (Å²) in [6.45, 7) is 0.408. The van der Waals surface area contributed by atoms with E-state index in [-0.39, 0.29) is 5.82 Å². The van der Waals surface area contributed by atoms with Crippen molar-refractivity contribution in [3.05, 3.63) is 35.6 Å². The Balaban J connectivity index is 1.84. The van der Waals surface area contributed by atoms with Crippen LogP contribution in [0.3, 0.4) is 0 Å². The first kappa shape index (κ1) is 13.6. The molecule has 1 N–H and O–H groups in total. The van der Waals surface area contributed by atoms with E-state index in [1.165, 1.54) is 12.5 Å². The summed E-state index contributed by atoms with van der Waals surface area (Å²) < 4.78 is 13.8. The third-order valence-corrected chi connectivity index (χ3v) is 4.82. The quantitative estimate of drug-likeness (QED) is 0.923. The summed E-state index contributed by atoms with van der Waals surface area (Å²) in [7, 11) is 0. The van der Waals surface area contributed by atoms with Crippen LogP contribution >= 0.6 is 0 Å². The van der Waals surface area contributed by atoms with Gasteiger partial charge in [0.25, 0.3) is 0 Å². The molecule has 1 saturated carbocycles. The number of carboxylic acid groups (broad SMARTS) is 1. The molecule has 3 rings (SSSR count). The summed E-state index contributed by atoms with van der Waals surface area (Å²) in [5, 5.41) is 9.44. The number of benzene rings is 1. The molecule has 0 bridgehead atoms. The van der Waals surface area contributed by atoms with Crippen LogP contribution in [0.5, 0.6) is 0 Å². The van der Waals surface area contributed by atoms with Crippen molar-refractivity contribution in [3.8, 4) is 0 Å². The zero-order valence-electron chi connectivity index (χ0n) is 11.5. The standard InChI is InChI=1S/C16H20FNO2/c17-13-7-3-1-6-12(13)10-18-14-8-4-2-5-11(14)9-15(18)16(19)20/h1,3,6-7,11,14-15H,2,4-5,8-10H2,(H,19,20)/t11-,14-,15-/m0/s1. The van der Waals surface area contributed by atoms with E-state index in [0.717, 1.165) is 19.3 Å². The zero-order chi connectivity index (χ0) is 14.1. The highest BCUT2D eigenvalue weighted by Crippen LogP contribution is 2.40. The lowest BCUT2D eigenvalue weighted by Crippen LogP contribution is -2.41. The molecule has 3 atom stereocenters. The minimum absolute atomic E-state index is 0.240. The number of halogens is 1. The van der Waals surface area contributed by atoms with Crippen molar-refractivity contribution in [2.24, 2.45) is 5.92 Å². The third kappa shape index (κ3) is 2.44. The first-order valence-electron chi connectivity index (χ1n) is 7.39. The lowest BCUT2D eigenvalue weighted by molar-refractivity contribution is -0.142. The Bertz CT molecular complexity index is 505. The molecule has 0 unspecified atom stereocenters. The van der Waals surface area contributed by atoms with Gasteiger partial charge in [0.05, 0.1) is 0 Å². The number of carboxylic acids is 1. The van der Waals surface area contributed by atoms with Crippen LogP contribution in [0.2, 0.25) is 0 Å². The Morgan fingerprint density at radius 3 is 2.80 bits per heavy atom. The molecule has 2 aliphatic rings. The summed E-state index contributed by atoms with van der Waals surface area (Å²) in [5.74, 6) is -0.539. The number of carbonyl (C=O) groups is 1. The lowest BCUT2D eigenvalue weighted by atomic mass is 9.84. The Kier molecular flexibility index (Phi) is 3.74. The number of nitrogens with zero attached hydrogens (tertiary/aromatic N) is 1. The zero-order valence-corrected chi connectivity index (χ0v) is 11.5. The van der Waals surface area contributed by atoms with Crippen molar-refractivity contribution >= 4 is 5.97 Å². The van der Waals surface area contributed by atoms with E-state index in [4.69, 9.17) is 0 Å². The molecule has 4 heteroatoms. The van der Waals surface area contributed by atoms with Crippen molar-refractivity contribution < 1.29 is 14.3 Å². The van der Waals surface area contributed by atoms with Crippen LogP contribution in [0, 0.1) is 11.7 Å². The fourth-order valence-electron chi connectivity index (χ4n) is 3.85. The summed E-state index contributed by atoms with van der Waals surface area (Å²) in [5.41, 5.74) is 0.602. The molecule has 0 aromatic heterocycles. The smallest absolute Gasteiger partial charge is 0.320 e. The maximum absolute atomic E-state index is 13.8. The van der Waals surface area contributed by atoms with Gasteiger partial charge in [0.1, 0.15) is 11.9 Å². The van der Waals surface area contributed by atoms with Crippen molar-refractivity contribution in [2.75, 3.05) is 0 Å². The summed E-state index contributed by atoms with van der Waals surface area (Å²) in [6, 6.07) is 6.53. The average molecular weight is 277 g/mol. The first-order valence-corrected chi connectivity index (χ1v) is 7.39. The van der Waals surface area contributed by atoms with Crippen LogP contribution in [-0.2, 0) is 11.3 Å². The predicted molar refractivity (Wildman–Crippen MR) is 73.7 cm³/mol. The minimum atomic E-state index is -0.768. The van der Waals surface area contributed by atoms with Gasteiger partial charge < -0.3 is 5.11 Å². The minimum Gasteiger partial charge on any atom is -0.480 e. The Morgan fingerprint density at radius 2 is 2.05 bits per heavy atom. The average Bonchev–Trinajstić information content (AvgIpc) is 2.81. The molecule has 1 aliphatic heterocycles. The highest BCUT2D eigenvalue weighted by molar-refractivity contribution is 5.74. The largest absolute Gasteiger partial charge is 0.480 e. The highest BCUT2D eigenvalue weighted by Gasteiger charge is 2.45. The highest BCUT2D eigenvalue weighted by atomic mass is 19.1. The van der Waals surface area contributed by atoms with Gasteiger partial charge in [-0.25, -0.2) is 4.39 Å². The number of hydrogen-bond donors (Lipinski definition) is 1. The maximum Gasteiger partial charge on any atom is 0.320 e. The third-order valence-electron chi connectivity index (χ3n) is 4.82. The molecule has 2 fully saturated rings. The molecule has 0 spiro atoms. The van der Waals surface area contributed by atoms with Gasteiger partial charge in [-0.15, -0.1) is 0 Å². The second-order valence-electron chi connectivity index (χ2n) is 5.97. The Morgan fingerprint density at radius 1 is 1.30 bits per heavy atom. The molecule has 1 aliphatic carbocycles. The second-order valence-corrected chi connectivity index (χ2v) is 5.97. The van der Waals surface area contributed by atoms with Crippen LogP contribution < -0.4 is 0 Å². The SMILES string of the molecule is O=C(O)[C@@H]1C[C@@H]2CCCC[C@@H]2N1Cc1ccccc1F. The van der Waals surface area contributed by atoms with Gasteiger partial charge in [0, 0.05) is 18.2 Å². The monoisotopic (exact) mass is 277 g/mol. The molecule has 3 nitrogen and oxygen atoms in total.